The molecule has 1 aliphatic rings. The molecule has 0 amide bonds. The van der Waals surface area contributed by atoms with Gasteiger partial charge in [-0.2, -0.15) is 0 Å². The van der Waals surface area contributed by atoms with Crippen molar-refractivity contribution in [2.24, 2.45) is 0 Å². The molecule has 1 fully saturated rings. The minimum Gasteiger partial charge on any atom is -0.391 e. The van der Waals surface area contributed by atoms with Gasteiger partial charge in [-0.25, -0.2) is 0 Å². The average Bonchev–Trinajstić information content (AvgIpc) is 2.64. The molecule has 5 nitrogen and oxygen atoms in total. The monoisotopic (exact) mass is 222 g/mol. The van der Waals surface area contributed by atoms with Crippen molar-refractivity contribution < 1.29 is 10.0 Å². The summed E-state index contributed by atoms with van der Waals surface area (Å²) in [6.45, 7) is 3.27. The van der Waals surface area contributed by atoms with Gasteiger partial charge in [-0.15, -0.1) is 0 Å². The van der Waals surface area contributed by atoms with E-state index in [4.69, 9.17) is 0 Å². The Morgan fingerprint density at radius 1 is 1.56 bits per heavy atom. The number of benzene rings is 1. The van der Waals surface area contributed by atoms with Crippen LogP contribution in [-0.4, -0.2) is 29.2 Å². The highest BCUT2D eigenvalue weighted by Crippen LogP contribution is 2.27. The zero-order valence-electron chi connectivity index (χ0n) is 9.09. The third-order valence-electron chi connectivity index (χ3n) is 2.90. The standard InChI is InChI=1S/C11H14N2O3/c1-8-6-9(13(15)16)2-3-11(8)12-5-4-10(14)7-12/h2-3,6,10,14H,4-5,7H2,1H3. The van der Waals surface area contributed by atoms with Crippen LogP contribution in [0.1, 0.15) is 12.0 Å². The molecule has 1 unspecified atom stereocenters. The Balaban J connectivity index is 2.26. The molecule has 1 N–H and O–H groups in total. The molecular formula is C11H14N2O3. The SMILES string of the molecule is Cc1cc([N+](=O)[O-])ccc1N1CCC(O)C1. The summed E-state index contributed by atoms with van der Waals surface area (Å²) in [4.78, 5) is 12.3. The molecule has 0 aromatic heterocycles. The van der Waals surface area contributed by atoms with E-state index in [9.17, 15) is 15.2 Å². The van der Waals surface area contributed by atoms with Crippen molar-refractivity contribution >= 4 is 11.4 Å². The number of nitro benzene ring substituents is 1. The number of hydrogen-bond donors (Lipinski definition) is 1. The van der Waals surface area contributed by atoms with Gasteiger partial charge in [0.1, 0.15) is 0 Å². The first kappa shape index (κ1) is 10.9. The summed E-state index contributed by atoms with van der Waals surface area (Å²) in [7, 11) is 0. The number of non-ortho nitro benzene ring substituents is 1. The maximum absolute atomic E-state index is 10.6. The molecule has 1 saturated heterocycles. The van der Waals surface area contributed by atoms with Crippen molar-refractivity contribution in [3.8, 4) is 0 Å². The molecule has 1 aliphatic heterocycles. The third-order valence-corrected chi connectivity index (χ3v) is 2.90. The molecule has 16 heavy (non-hydrogen) atoms. The molecule has 0 saturated carbocycles. The van der Waals surface area contributed by atoms with E-state index < -0.39 is 4.92 Å². The Morgan fingerprint density at radius 2 is 2.31 bits per heavy atom. The Labute approximate surface area is 93.5 Å². The molecule has 2 rings (SSSR count). The molecule has 1 heterocycles. The number of aryl methyl sites for hydroxylation is 1. The number of rotatable bonds is 2. The fraction of sp³-hybridized carbons (Fsp3) is 0.455. The quantitative estimate of drug-likeness (QED) is 0.608. The van der Waals surface area contributed by atoms with E-state index >= 15 is 0 Å². The molecular weight excluding hydrogens is 208 g/mol. The second kappa shape index (κ2) is 4.09. The lowest BCUT2D eigenvalue weighted by Crippen LogP contribution is -2.21. The van der Waals surface area contributed by atoms with Gasteiger partial charge in [0.25, 0.3) is 5.69 Å². The van der Waals surface area contributed by atoms with E-state index in [1.165, 1.54) is 6.07 Å². The van der Waals surface area contributed by atoms with Crippen molar-refractivity contribution in [2.45, 2.75) is 19.4 Å². The first-order valence-electron chi connectivity index (χ1n) is 5.26. The maximum atomic E-state index is 10.6. The van der Waals surface area contributed by atoms with Crippen LogP contribution in [-0.2, 0) is 0 Å². The summed E-state index contributed by atoms with van der Waals surface area (Å²) >= 11 is 0. The number of aliphatic hydroxyl groups excluding tert-OH is 1. The van der Waals surface area contributed by atoms with Gasteiger partial charge in [-0.1, -0.05) is 0 Å². The molecule has 0 spiro atoms. The minimum atomic E-state index is -0.393. The van der Waals surface area contributed by atoms with Crippen LogP contribution in [0.3, 0.4) is 0 Å². The fourth-order valence-corrected chi connectivity index (χ4v) is 2.07. The smallest absolute Gasteiger partial charge is 0.269 e. The summed E-state index contributed by atoms with van der Waals surface area (Å²) in [5.74, 6) is 0. The Kier molecular flexibility index (Phi) is 2.78. The number of nitrogens with zero attached hydrogens (tertiary/aromatic N) is 2. The highest BCUT2D eigenvalue weighted by atomic mass is 16.6. The van der Waals surface area contributed by atoms with Gasteiger partial charge in [-0.05, 0) is 25.0 Å². The number of aliphatic hydroxyl groups is 1. The third kappa shape index (κ3) is 1.99. The largest absolute Gasteiger partial charge is 0.391 e. The summed E-state index contributed by atoms with van der Waals surface area (Å²) in [5, 5.41) is 20.0. The lowest BCUT2D eigenvalue weighted by molar-refractivity contribution is -0.384. The zero-order chi connectivity index (χ0) is 11.7. The normalized spacial score (nSPS) is 20.1. The fourth-order valence-electron chi connectivity index (χ4n) is 2.07. The van der Waals surface area contributed by atoms with Gasteiger partial charge in [0.05, 0.1) is 11.0 Å². The summed E-state index contributed by atoms with van der Waals surface area (Å²) < 4.78 is 0. The zero-order valence-corrected chi connectivity index (χ0v) is 9.09. The molecule has 0 aliphatic carbocycles. The predicted octanol–water partition coefficient (Wildman–Crippen LogP) is 1.47. The van der Waals surface area contributed by atoms with Crippen LogP contribution in [0.2, 0.25) is 0 Å². The van der Waals surface area contributed by atoms with Crippen molar-refractivity contribution in [1.29, 1.82) is 0 Å². The van der Waals surface area contributed by atoms with Crippen molar-refractivity contribution in [1.82, 2.24) is 0 Å². The van der Waals surface area contributed by atoms with Crippen molar-refractivity contribution in [2.75, 3.05) is 18.0 Å². The van der Waals surface area contributed by atoms with Gasteiger partial charge < -0.3 is 10.0 Å². The van der Waals surface area contributed by atoms with E-state index in [0.29, 0.717) is 6.54 Å². The second-order valence-corrected chi connectivity index (χ2v) is 4.12. The molecule has 0 radical (unpaired) electrons. The number of hydrogen-bond acceptors (Lipinski definition) is 4. The topological polar surface area (TPSA) is 66.6 Å². The average molecular weight is 222 g/mol. The number of nitro groups is 1. The van der Waals surface area contributed by atoms with Gasteiger partial charge in [0, 0.05) is 30.9 Å². The van der Waals surface area contributed by atoms with E-state index in [1.54, 1.807) is 12.1 Å². The van der Waals surface area contributed by atoms with Crippen LogP contribution in [0.4, 0.5) is 11.4 Å². The highest BCUT2D eigenvalue weighted by molar-refractivity contribution is 5.58. The molecule has 1 aromatic rings. The van der Waals surface area contributed by atoms with E-state index in [1.807, 2.05) is 6.92 Å². The van der Waals surface area contributed by atoms with Gasteiger partial charge in [0.15, 0.2) is 0 Å². The molecule has 86 valence electrons. The first-order valence-corrected chi connectivity index (χ1v) is 5.26. The Hall–Kier alpha value is -1.62. The van der Waals surface area contributed by atoms with Crippen LogP contribution in [0.25, 0.3) is 0 Å². The lowest BCUT2D eigenvalue weighted by atomic mass is 10.1. The van der Waals surface area contributed by atoms with Crippen LogP contribution in [0.5, 0.6) is 0 Å². The van der Waals surface area contributed by atoms with E-state index in [0.717, 1.165) is 24.2 Å². The van der Waals surface area contributed by atoms with Gasteiger partial charge in [0.2, 0.25) is 0 Å². The number of anilines is 1. The van der Waals surface area contributed by atoms with E-state index in [2.05, 4.69) is 4.90 Å². The lowest BCUT2D eigenvalue weighted by Gasteiger charge is -2.19. The van der Waals surface area contributed by atoms with Crippen LogP contribution >= 0.6 is 0 Å². The molecule has 0 bridgehead atoms. The first-order chi connectivity index (χ1) is 7.58. The predicted molar refractivity (Wildman–Crippen MR) is 60.7 cm³/mol. The summed E-state index contributed by atoms with van der Waals surface area (Å²) in [6, 6.07) is 4.83. The van der Waals surface area contributed by atoms with Gasteiger partial charge >= 0.3 is 0 Å². The van der Waals surface area contributed by atoms with Crippen LogP contribution in [0.15, 0.2) is 18.2 Å². The van der Waals surface area contributed by atoms with Crippen molar-refractivity contribution in [3.63, 3.8) is 0 Å². The maximum Gasteiger partial charge on any atom is 0.269 e. The van der Waals surface area contributed by atoms with Gasteiger partial charge in [-0.3, -0.25) is 10.1 Å². The second-order valence-electron chi connectivity index (χ2n) is 4.12. The van der Waals surface area contributed by atoms with E-state index in [-0.39, 0.29) is 11.8 Å². The number of β-amino-alcohol motifs (C(OH)–C–C–N with tert-alkyl or cyclic N) is 1. The Bertz CT molecular complexity index is 420. The molecule has 5 heteroatoms. The van der Waals surface area contributed by atoms with Crippen molar-refractivity contribution in [3.05, 3.63) is 33.9 Å². The molecule has 1 aromatic carbocycles. The molecule has 1 atom stereocenters. The Morgan fingerprint density at radius 3 is 2.81 bits per heavy atom. The van der Waals surface area contributed by atoms with Crippen LogP contribution < -0.4 is 4.90 Å². The summed E-state index contributed by atoms with van der Waals surface area (Å²) in [5.41, 5.74) is 1.96. The van der Waals surface area contributed by atoms with Crippen LogP contribution in [0, 0.1) is 17.0 Å². The highest BCUT2D eigenvalue weighted by Gasteiger charge is 2.22. The summed E-state index contributed by atoms with van der Waals surface area (Å²) in [6.07, 6.45) is 0.478. The minimum absolute atomic E-state index is 0.112.